The minimum absolute atomic E-state index is 0.0208. The van der Waals surface area contributed by atoms with Crippen molar-refractivity contribution in [1.82, 2.24) is 0 Å². The summed E-state index contributed by atoms with van der Waals surface area (Å²) in [5, 5.41) is 2.80. The van der Waals surface area contributed by atoms with E-state index >= 15 is 0 Å². The number of amides is 1. The van der Waals surface area contributed by atoms with Gasteiger partial charge in [0.2, 0.25) is 5.91 Å². The number of carbonyl (C=O) groups excluding carboxylic acids is 2. The molecule has 1 amide bonds. The predicted octanol–water partition coefficient (Wildman–Crippen LogP) is 1.86. The number of hydrogen-bond acceptors (Lipinski definition) is 3. The molecule has 4 heteroatoms. The summed E-state index contributed by atoms with van der Waals surface area (Å²) < 4.78 is 0. The number of Topliss-reactive ketones (excluding diaryl/α,β-unsaturated/α-hetero) is 1. The van der Waals surface area contributed by atoms with E-state index in [2.05, 4.69) is 5.32 Å². The quantitative estimate of drug-likeness (QED) is 0.829. The largest absolute Gasteiger partial charge is 0.324 e. The van der Waals surface area contributed by atoms with E-state index < -0.39 is 0 Å². The van der Waals surface area contributed by atoms with Crippen LogP contribution in [0.4, 0.5) is 5.69 Å². The molecule has 0 aliphatic carbocycles. The Bertz CT molecular complexity index is 429. The van der Waals surface area contributed by atoms with Crippen LogP contribution in [0.3, 0.4) is 0 Å². The Morgan fingerprint density at radius 3 is 3.07 bits per heavy atom. The number of ketones is 1. The first-order valence-corrected chi connectivity index (χ1v) is 5.69. The lowest BCUT2D eigenvalue weighted by Gasteiger charge is -2.16. The second kappa shape index (κ2) is 4.06. The zero-order chi connectivity index (χ0) is 10.8. The van der Waals surface area contributed by atoms with Crippen molar-refractivity contribution in [3.05, 3.63) is 23.8 Å². The highest BCUT2D eigenvalue weighted by Gasteiger charge is 2.15. The number of fused-ring (bicyclic) bond motifs is 1. The normalized spacial score (nSPS) is 14.3. The van der Waals surface area contributed by atoms with E-state index in [1.165, 1.54) is 11.8 Å². The van der Waals surface area contributed by atoms with Gasteiger partial charge in [-0.15, -0.1) is 11.8 Å². The second-order valence-corrected chi connectivity index (χ2v) is 4.56. The van der Waals surface area contributed by atoms with E-state index in [0.717, 1.165) is 16.1 Å². The maximum absolute atomic E-state index is 11.2. The van der Waals surface area contributed by atoms with Gasteiger partial charge < -0.3 is 5.32 Å². The molecule has 0 aromatic heterocycles. The third kappa shape index (κ3) is 2.39. The van der Waals surface area contributed by atoms with Crippen LogP contribution < -0.4 is 5.32 Å². The summed E-state index contributed by atoms with van der Waals surface area (Å²) in [6.45, 7) is 1.56. The highest BCUT2D eigenvalue weighted by Crippen LogP contribution is 2.31. The number of benzene rings is 1. The molecular weight excluding hydrogens is 210 g/mol. The van der Waals surface area contributed by atoms with Crippen LogP contribution in [0.5, 0.6) is 0 Å². The molecule has 0 radical (unpaired) electrons. The van der Waals surface area contributed by atoms with Gasteiger partial charge in [-0.05, 0) is 24.6 Å². The molecule has 0 bridgehead atoms. The Labute approximate surface area is 92.2 Å². The summed E-state index contributed by atoms with van der Waals surface area (Å²) in [4.78, 5) is 23.2. The molecule has 1 aromatic rings. The van der Waals surface area contributed by atoms with Gasteiger partial charge in [0.15, 0.2) is 0 Å². The van der Waals surface area contributed by atoms with E-state index in [4.69, 9.17) is 0 Å². The Morgan fingerprint density at radius 1 is 1.53 bits per heavy atom. The second-order valence-electron chi connectivity index (χ2n) is 3.55. The van der Waals surface area contributed by atoms with Crippen LogP contribution in [0.15, 0.2) is 23.1 Å². The molecule has 0 fully saturated rings. The molecular formula is C11H11NO2S. The lowest BCUT2D eigenvalue weighted by Crippen LogP contribution is -2.18. The van der Waals surface area contributed by atoms with E-state index in [1.54, 1.807) is 6.92 Å². The van der Waals surface area contributed by atoms with Gasteiger partial charge in [-0.1, -0.05) is 6.07 Å². The standard InChI is InChI=1S/C11H11NO2S/c1-7(13)4-8-2-3-10-9(5-8)12-11(14)6-15-10/h2-3,5H,4,6H2,1H3,(H,12,14). The van der Waals surface area contributed by atoms with E-state index in [1.807, 2.05) is 18.2 Å². The van der Waals surface area contributed by atoms with Gasteiger partial charge in [0, 0.05) is 11.3 Å². The van der Waals surface area contributed by atoms with Crippen LogP contribution in [-0.2, 0) is 16.0 Å². The average molecular weight is 221 g/mol. The minimum Gasteiger partial charge on any atom is -0.324 e. The Kier molecular flexibility index (Phi) is 2.77. The smallest absolute Gasteiger partial charge is 0.234 e. The molecule has 0 atom stereocenters. The number of hydrogen-bond donors (Lipinski definition) is 1. The summed E-state index contributed by atoms with van der Waals surface area (Å²) in [6, 6.07) is 5.77. The monoisotopic (exact) mass is 221 g/mol. The maximum Gasteiger partial charge on any atom is 0.234 e. The van der Waals surface area contributed by atoms with Crippen molar-refractivity contribution in [2.45, 2.75) is 18.2 Å². The topological polar surface area (TPSA) is 46.2 Å². The SMILES string of the molecule is CC(=O)Cc1ccc2c(c1)NC(=O)CS2. The van der Waals surface area contributed by atoms with Gasteiger partial charge in [0.05, 0.1) is 11.4 Å². The van der Waals surface area contributed by atoms with Crippen LogP contribution in [0.25, 0.3) is 0 Å². The van der Waals surface area contributed by atoms with Crippen molar-refractivity contribution < 1.29 is 9.59 Å². The van der Waals surface area contributed by atoms with Crippen LogP contribution >= 0.6 is 11.8 Å². The fourth-order valence-corrected chi connectivity index (χ4v) is 2.32. The molecule has 2 rings (SSSR count). The molecule has 0 unspecified atom stereocenters. The third-order valence-corrected chi connectivity index (χ3v) is 3.20. The summed E-state index contributed by atoms with van der Waals surface area (Å²) >= 11 is 1.53. The first kappa shape index (κ1) is 10.2. The molecule has 15 heavy (non-hydrogen) atoms. The highest BCUT2D eigenvalue weighted by atomic mass is 32.2. The molecule has 1 aliphatic rings. The van der Waals surface area contributed by atoms with Crippen LogP contribution in [-0.4, -0.2) is 17.4 Å². The number of thioether (sulfide) groups is 1. The number of carbonyl (C=O) groups is 2. The first-order chi connectivity index (χ1) is 7.15. The molecule has 0 saturated heterocycles. The number of rotatable bonds is 2. The average Bonchev–Trinajstić information content (AvgIpc) is 2.16. The summed E-state index contributed by atoms with van der Waals surface area (Å²) in [6.07, 6.45) is 0.424. The molecule has 3 nitrogen and oxygen atoms in total. The number of nitrogens with one attached hydrogen (secondary N) is 1. The lowest BCUT2D eigenvalue weighted by molar-refractivity contribution is -0.116. The Morgan fingerprint density at radius 2 is 2.33 bits per heavy atom. The fraction of sp³-hybridized carbons (Fsp3) is 0.273. The van der Waals surface area contributed by atoms with Gasteiger partial charge >= 0.3 is 0 Å². The van der Waals surface area contributed by atoms with Gasteiger partial charge in [-0.2, -0.15) is 0 Å². The zero-order valence-electron chi connectivity index (χ0n) is 8.37. The van der Waals surface area contributed by atoms with Crippen molar-refractivity contribution in [3.63, 3.8) is 0 Å². The van der Waals surface area contributed by atoms with Crippen molar-refractivity contribution in [2.24, 2.45) is 0 Å². The van der Waals surface area contributed by atoms with E-state index in [9.17, 15) is 9.59 Å². The Balaban J connectivity index is 2.28. The van der Waals surface area contributed by atoms with Crippen molar-refractivity contribution in [3.8, 4) is 0 Å². The van der Waals surface area contributed by atoms with Crippen LogP contribution in [0.2, 0.25) is 0 Å². The molecule has 0 saturated carbocycles. The molecule has 1 heterocycles. The number of anilines is 1. The highest BCUT2D eigenvalue weighted by molar-refractivity contribution is 8.00. The molecule has 0 spiro atoms. The first-order valence-electron chi connectivity index (χ1n) is 4.70. The summed E-state index contributed by atoms with van der Waals surface area (Å²) in [5.41, 5.74) is 1.78. The van der Waals surface area contributed by atoms with E-state index in [-0.39, 0.29) is 11.7 Å². The van der Waals surface area contributed by atoms with Crippen LogP contribution in [0, 0.1) is 0 Å². The van der Waals surface area contributed by atoms with Gasteiger partial charge in [-0.25, -0.2) is 0 Å². The fourth-order valence-electron chi connectivity index (χ4n) is 1.53. The van der Waals surface area contributed by atoms with Crippen LogP contribution in [0.1, 0.15) is 12.5 Å². The minimum atomic E-state index is 0.0208. The molecule has 1 aliphatic heterocycles. The maximum atomic E-state index is 11.2. The molecule has 78 valence electrons. The van der Waals surface area contributed by atoms with Gasteiger partial charge in [0.1, 0.15) is 5.78 Å². The van der Waals surface area contributed by atoms with Gasteiger partial charge in [-0.3, -0.25) is 9.59 Å². The zero-order valence-corrected chi connectivity index (χ0v) is 9.19. The van der Waals surface area contributed by atoms with Crippen molar-refractivity contribution in [2.75, 3.05) is 11.1 Å². The Hall–Kier alpha value is -1.29. The van der Waals surface area contributed by atoms with E-state index in [0.29, 0.717) is 12.2 Å². The third-order valence-electron chi connectivity index (χ3n) is 2.13. The summed E-state index contributed by atoms with van der Waals surface area (Å²) in [5.74, 6) is 0.621. The van der Waals surface area contributed by atoms with Gasteiger partial charge in [0.25, 0.3) is 0 Å². The molecule has 1 N–H and O–H groups in total. The van der Waals surface area contributed by atoms with Crippen molar-refractivity contribution in [1.29, 1.82) is 0 Å². The summed E-state index contributed by atoms with van der Waals surface area (Å²) in [7, 11) is 0. The van der Waals surface area contributed by atoms with Crippen molar-refractivity contribution >= 4 is 29.1 Å². The predicted molar refractivity (Wildman–Crippen MR) is 60.2 cm³/mol. The lowest BCUT2D eigenvalue weighted by atomic mass is 10.1. The molecule has 1 aromatic carbocycles.